The molecule has 0 amide bonds. The van der Waals surface area contributed by atoms with Crippen molar-refractivity contribution >= 4 is 0 Å². The Morgan fingerprint density at radius 1 is 0.889 bits per heavy atom. The molecule has 1 heterocycles. The van der Waals surface area contributed by atoms with Crippen LogP contribution in [0.3, 0.4) is 0 Å². The van der Waals surface area contributed by atoms with E-state index in [2.05, 4.69) is 77.1 Å². The van der Waals surface area contributed by atoms with E-state index < -0.39 is 0 Å². The van der Waals surface area contributed by atoms with Crippen LogP contribution in [0.2, 0.25) is 0 Å². The zero-order valence-corrected chi connectivity index (χ0v) is 19.1. The quantitative estimate of drug-likeness (QED) is 0.292. The molecule has 154 valence electrons. The van der Waals surface area contributed by atoms with Gasteiger partial charge in [0.05, 0.1) is 0 Å². The van der Waals surface area contributed by atoms with Gasteiger partial charge in [-0.05, 0) is 55.7 Å². The normalized spacial score (nSPS) is 16.7. The summed E-state index contributed by atoms with van der Waals surface area (Å²) in [5, 5.41) is 0. The summed E-state index contributed by atoms with van der Waals surface area (Å²) in [5.41, 5.74) is 4.59. The van der Waals surface area contributed by atoms with E-state index in [1.807, 2.05) is 0 Å². The van der Waals surface area contributed by atoms with Gasteiger partial charge in [-0.3, -0.25) is 0 Å². The molecule has 0 bridgehead atoms. The first-order valence-electron chi connectivity index (χ1n) is 11.6. The smallest absolute Gasteiger partial charge is 0.0444 e. The van der Waals surface area contributed by atoms with E-state index in [0.717, 1.165) is 0 Å². The van der Waals surface area contributed by atoms with Gasteiger partial charge in [-0.2, -0.15) is 0 Å². The van der Waals surface area contributed by atoms with Crippen LogP contribution >= 0.6 is 0 Å². The van der Waals surface area contributed by atoms with Gasteiger partial charge in [0.25, 0.3) is 0 Å². The highest BCUT2D eigenvalue weighted by atomic mass is 15.1. The van der Waals surface area contributed by atoms with Gasteiger partial charge in [0.2, 0.25) is 0 Å². The fraction of sp³-hybridized carbons (Fsp3) is 0.692. The number of nitrogens with zero attached hydrogens (tertiary/aromatic N) is 1. The Bertz CT molecular complexity index is 506. The summed E-state index contributed by atoms with van der Waals surface area (Å²) in [4.78, 5) is 2.33. The molecule has 1 aliphatic heterocycles. The van der Waals surface area contributed by atoms with Crippen molar-refractivity contribution in [1.29, 1.82) is 0 Å². The van der Waals surface area contributed by atoms with E-state index >= 15 is 0 Å². The minimum atomic E-state index is 0.577. The van der Waals surface area contributed by atoms with E-state index in [1.54, 1.807) is 11.1 Å². The monoisotopic (exact) mass is 371 g/mol. The van der Waals surface area contributed by atoms with Gasteiger partial charge in [-0.1, -0.05) is 91.2 Å². The molecular weight excluding hydrogens is 326 g/mol. The van der Waals surface area contributed by atoms with Crippen molar-refractivity contribution in [3.8, 4) is 0 Å². The van der Waals surface area contributed by atoms with Gasteiger partial charge in [0.1, 0.15) is 0 Å². The van der Waals surface area contributed by atoms with Crippen LogP contribution in [-0.4, -0.2) is 4.90 Å². The van der Waals surface area contributed by atoms with Gasteiger partial charge in [-0.25, -0.2) is 0 Å². The summed E-state index contributed by atoms with van der Waals surface area (Å²) in [5.74, 6) is 1.27. The van der Waals surface area contributed by atoms with E-state index in [9.17, 15) is 0 Å². The van der Waals surface area contributed by atoms with Crippen molar-refractivity contribution < 1.29 is 0 Å². The van der Waals surface area contributed by atoms with Crippen LogP contribution in [0, 0.1) is 11.8 Å². The first-order chi connectivity index (χ1) is 13.1. The lowest BCUT2D eigenvalue weighted by molar-refractivity contribution is 0.436. The molecule has 1 aliphatic rings. The molecule has 0 aromatic carbocycles. The largest absolute Gasteiger partial charge is 0.324 e. The lowest BCUT2D eigenvalue weighted by Gasteiger charge is -2.34. The predicted molar refractivity (Wildman–Crippen MR) is 122 cm³/mol. The zero-order chi connectivity index (χ0) is 20.1. The molecule has 27 heavy (non-hydrogen) atoms. The molecule has 0 saturated heterocycles. The maximum atomic E-state index is 2.37. The molecular formula is C26H45N. The minimum absolute atomic E-state index is 0.577. The highest BCUT2D eigenvalue weighted by molar-refractivity contribution is 5.47. The first kappa shape index (κ1) is 23.8. The van der Waals surface area contributed by atoms with Crippen molar-refractivity contribution in [2.24, 2.45) is 11.8 Å². The van der Waals surface area contributed by atoms with Crippen molar-refractivity contribution in [3.63, 3.8) is 0 Å². The number of rotatable bonds is 13. The summed E-state index contributed by atoms with van der Waals surface area (Å²) >= 11 is 0. The summed E-state index contributed by atoms with van der Waals surface area (Å²) in [6, 6.07) is 0. The summed E-state index contributed by atoms with van der Waals surface area (Å²) in [6.07, 6.45) is 24.9. The van der Waals surface area contributed by atoms with Crippen LogP contribution < -0.4 is 0 Å². The number of hydrogen-bond donors (Lipinski definition) is 0. The highest BCUT2D eigenvalue weighted by Gasteiger charge is 2.26. The van der Waals surface area contributed by atoms with E-state index in [0.29, 0.717) is 11.8 Å². The van der Waals surface area contributed by atoms with Crippen LogP contribution in [-0.2, 0) is 0 Å². The number of unbranched alkanes of at least 4 members (excludes halogenated alkanes) is 6. The Labute approximate surface area is 170 Å². The average Bonchev–Trinajstić information content (AvgIpc) is 2.66. The van der Waals surface area contributed by atoms with Gasteiger partial charge < -0.3 is 4.90 Å². The molecule has 0 unspecified atom stereocenters. The van der Waals surface area contributed by atoms with E-state index in [-0.39, 0.29) is 0 Å². The second-order valence-corrected chi connectivity index (χ2v) is 8.30. The number of allylic oxidation sites excluding steroid dienone is 5. The molecule has 0 N–H and O–H groups in total. The van der Waals surface area contributed by atoms with Gasteiger partial charge >= 0.3 is 0 Å². The summed E-state index contributed by atoms with van der Waals surface area (Å²) in [7, 11) is 0. The SMILES string of the molecule is C/C=C\N1C=CC(C(C)C)=C(C(CCCCCC)CCCCCC)/C1=C/C. The molecule has 1 rings (SSSR count). The summed E-state index contributed by atoms with van der Waals surface area (Å²) in [6.45, 7) is 13.6. The second-order valence-electron chi connectivity index (χ2n) is 8.30. The predicted octanol–water partition coefficient (Wildman–Crippen LogP) is 8.76. The van der Waals surface area contributed by atoms with Crippen LogP contribution in [0.25, 0.3) is 0 Å². The van der Waals surface area contributed by atoms with Crippen LogP contribution in [0.5, 0.6) is 0 Å². The van der Waals surface area contributed by atoms with Crippen LogP contribution in [0.1, 0.15) is 106 Å². The third-order valence-electron chi connectivity index (χ3n) is 5.71. The highest BCUT2D eigenvalue weighted by Crippen LogP contribution is 2.39. The van der Waals surface area contributed by atoms with Crippen LogP contribution in [0.15, 0.2) is 47.5 Å². The summed E-state index contributed by atoms with van der Waals surface area (Å²) < 4.78 is 0. The molecule has 0 aliphatic carbocycles. The minimum Gasteiger partial charge on any atom is -0.324 e. The Kier molecular flexibility index (Phi) is 12.2. The second kappa shape index (κ2) is 13.9. The molecule has 0 atom stereocenters. The standard InChI is InChI=1S/C26H45N/c1-7-11-13-15-17-23(18-16-14-12-8-2)26-24(22(5)6)19-21-27(20-9-3)25(26)10-4/h9-10,19-23H,7-8,11-18H2,1-6H3/b20-9-,25-10-. The third-order valence-corrected chi connectivity index (χ3v) is 5.71. The van der Waals surface area contributed by atoms with Crippen molar-refractivity contribution in [2.75, 3.05) is 0 Å². The first-order valence-corrected chi connectivity index (χ1v) is 11.6. The third kappa shape index (κ3) is 7.72. The molecule has 0 aromatic rings. The van der Waals surface area contributed by atoms with Gasteiger partial charge in [0, 0.05) is 18.1 Å². The van der Waals surface area contributed by atoms with Crippen LogP contribution in [0.4, 0.5) is 0 Å². The maximum Gasteiger partial charge on any atom is 0.0444 e. The van der Waals surface area contributed by atoms with Gasteiger partial charge in [-0.15, -0.1) is 0 Å². The molecule has 0 fully saturated rings. The molecule has 0 spiro atoms. The molecule has 1 nitrogen and oxygen atoms in total. The topological polar surface area (TPSA) is 3.24 Å². The van der Waals surface area contributed by atoms with Crippen molar-refractivity contribution in [1.82, 2.24) is 4.90 Å². The molecule has 0 radical (unpaired) electrons. The molecule has 0 aromatic heterocycles. The van der Waals surface area contributed by atoms with Gasteiger partial charge in [0.15, 0.2) is 0 Å². The Hall–Kier alpha value is -1.24. The molecule has 1 heteroatoms. The van der Waals surface area contributed by atoms with E-state index in [4.69, 9.17) is 0 Å². The Morgan fingerprint density at radius 2 is 1.48 bits per heavy atom. The lowest BCUT2D eigenvalue weighted by atomic mass is 9.79. The Balaban J connectivity index is 3.13. The molecule has 0 saturated carbocycles. The number of hydrogen-bond acceptors (Lipinski definition) is 1. The average molecular weight is 372 g/mol. The fourth-order valence-electron chi connectivity index (χ4n) is 4.23. The Morgan fingerprint density at radius 3 is 1.93 bits per heavy atom. The van der Waals surface area contributed by atoms with Crippen molar-refractivity contribution in [3.05, 3.63) is 47.5 Å². The van der Waals surface area contributed by atoms with Crippen molar-refractivity contribution in [2.45, 2.75) is 106 Å². The fourth-order valence-corrected chi connectivity index (χ4v) is 4.23. The van der Waals surface area contributed by atoms with E-state index in [1.165, 1.54) is 69.9 Å². The lowest BCUT2D eigenvalue weighted by Crippen LogP contribution is -2.23. The zero-order valence-electron chi connectivity index (χ0n) is 19.1. The maximum absolute atomic E-state index is 2.37.